The zero-order valence-electron chi connectivity index (χ0n) is 19.0. The second-order valence-electron chi connectivity index (χ2n) is 8.45. The van der Waals surface area contributed by atoms with Gasteiger partial charge in [-0.15, -0.1) is 0 Å². The van der Waals surface area contributed by atoms with Crippen molar-refractivity contribution in [3.63, 3.8) is 0 Å². The van der Waals surface area contributed by atoms with E-state index in [4.69, 9.17) is 0 Å². The number of sulfonamides is 1. The molecule has 33 heavy (non-hydrogen) atoms. The summed E-state index contributed by atoms with van der Waals surface area (Å²) < 4.78 is 26.3. The van der Waals surface area contributed by atoms with E-state index in [1.807, 2.05) is 44.2 Å². The van der Waals surface area contributed by atoms with Gasteiger partial charge in [-0.2, -0.15) is 0 Å². The number of rotatable bonds is 9. The molecule has 8 nitrogen and oxygen atoms in total. The van der Waals surface area contributed by atoms with Gasteiger partial charge in [0, 0.05) is 13.1 Å². The third kappa shape index (κ3) is 5.42. The van der Waals surface area contributed by atoms with E-state index in [1.165, 1.54) is 23.1 Å². The number of hydrogen-bond donors (Lipinski definition) is 1. The Balaban J connectivity index is 1.81. The Morgan fingerprint density at radius 1 is 1.00 bits per heavy atom. The summed E-state index contributed by atoms with van der Waals surface area (Å²) in [6.45, 7) is 5.53. The Labute approximate surface area is 194 Å². The van der Waals surface area contributed by atoms with Crippen LogP contribution in [0.3, 0.4) is 0 Å². The lowest BCUT2D eigenvalue weighted by molar-refractivity contribution is -0.139. The van der Waals surface area contributed by atoms with Crippen molar-refractivity contribution in [1.82, 2.24) is 14.5 Å². The molecule has 0 spiro atoms. The van der Waals surface area contributed by atoms with E-state index >= 15 is 0 Å². The monoisotopic (exact) mass is 471 g/mol. The maximum absolute atomic E-state index is 13.3. The average Bonchev–Trinajstić information content (AvgIpc) is 2.99. The first-order valence-corrected chi connectivity index (χ1v) is 12.3. The van der Waals surface area contributed by atoms with Crippen molar-refractivity contribution in [2.75, 3.05) is 19.6 Å². The molecule has 1 aliphatic heterocycles. The molecule has 3 amide bonds. The first kappa shape index (κ1) is 24.4. The number of carbonyl (C=O) groups is 3. The molecule has 0 radical (unpaired) electrons. The van der Waals surface area contributed by atoms with Gasteiger partial charge in [0.1, 0.15) is 17.5 Å². The van der Waals surface area contributed by atoms with E-state index in [1.54, 1.807) is 13.0 Å². The third-order valence-electron chi connectivity index (χ3n) is 5.53. The predicted molar refractivity (Wildman–Crippen MR) is 124 cm³/mol. The van der Waals surface area contributed by atoms with E-state index in [0.29, 0.717) is 17.3 Å². The number of nitrogens with zero attached hydrogens (tertiary/aromatic N) is 2. The number of benzene rings is 2. The van der Waals surface area contributed by atoms with Crippen LogP contribution in [0.25, 0.3) is 0 Å². The van der Waals surface area contributed by atoms with Crippen LogP contribution in [-0.4, -0.2) is 61.0 Å². The molecule has 0 aromatic heterocycles. The van der Waals surface area contributed by atoms with Gasteiger partial charge in [-0.1, -0.05) is 56.3 Å². The second-order valence-corrected chi connectivity index (χ2v) is 10.3. The summed E-state index contributed by atoms with van der Waals surface area (Å²) in [6.07, 6.45) is 0.481. The molecule has 0 bridgehead atoms. The Morgan fingerprint density at radius 3 is 2.27 bits per heavy atom. The van der Waals surface area contributed by atoms with Crippen LogP contribution in [0.15, 0.2) is 59.5 Å². The smallest absolute Gasteiger partial charge is 0.269 e. The van der Waals surface area contributed by atoms with Crippen molar-refractivity contribution < 1.29 is 22.8 Å². The first-order valence-electron chi connectivity index (χ1n) is 10.9. The summed E-state index contributed by atoms with van der Waals surface area (Å²) >= 11 is 0. The molecule has 1 heterocycles. The van der Waals surface area contributed by atoms with Crippen molar-refractivity contribution in [3.8, 4) is 0 Å². The topological polar surface area (TPSA) is 104 Å². The van der Waals surface area contributed by atoms with Crippen molar-refractivity contribution in [3.05, 3.63) is 65.7 Å². The molecule has 2 aromatic rings. The highest BCUT2D eigenvalue weighted by atomic mass is 32.2. The summed E-state index contributed by atoms with van der Waals surface area (Å²) in [4.78, 5) is 39.9. The minimum atomic E-state index is -4.12. The van der Waals surface area contributed by atoms with Crippen LogP contribution in [0.5, 0.6) is 0 Å². The van der Waals surface area contributed by atoms with Gasteiger partial charge in [-0.25, -0.2) is 12.7 Å². The van der Waals surface area contributed by atoms with E-state index < -0.39 is 34.4 Å². The van der Waals surface area contributed by atoms with Gasteiger partial charge in [0.25, 0.3) is 15.9 Å². The number of fused-ring (bicyclic) bond motifs is 1. The Kier molecular flexibility index (Phi) is 7.53. The summed E-state index contributed by atoms with van der Waals surface area (Å²) in [5.41, 5.74) is 1.02. The minimum absolute atomic E-state index is 0.0452. The lowest BCUT2D eigenvalue weighted by Gasteiger charge is -2.30. The molecule has 1 aliphatic rings. The molecule has 1 atom stereocenters. The quantitative estimate of drug-likeness (QED) is 0.603. The van der Waals surface area contributed by atoms with Crippen LogP contribution in [0.4, 0.5) is 0 Å². The molecular weight excluding hydrogens is 442 g/mol. The van der Waals surface area contributed by atoms with Crippen LogP contribution in [0, 0.1) is 5.92 Å². The fraction of sp³-hybridized carbons (Fsp3) is 0.375. The van der Waals surface area contributed by atoms with E-state index in [2.05, 4.69) is 5.32 Å². The summed E-state index contributed by atoms with van der Waals surface area (Å²) in [5.74, 6) is -1.44. The SMILES string of the molecule is CC(C)CNC(=O)C(C)N(CCc1ccccc1)C(=O)CN1C(=O)c2ccccc2S1(=O)=O. The largest absolute Gasteiger partial charge is 0.354 e. The maximum Gasteiger partial charge on any atom is 0.269 e. The van der Waals surface area contributed by atoms with Gasteiger partial charge in [-0.05, 0) is 37.0 Å². The highest BCUT2D eigenvalue weighted by Crippen LogP contribution is 2.29. The lowest BCUT2D eigenvalue weighted by atomic mass is 10.1. The highest BCUT2D eigenvalue weighted by molar-refractivity contribution is 7.90. The fourth-order valence-corrected chi connectivity index (χ4v) is 5.14. The van der Waals surface area contributed by atoms with Gasteiger partial charge in [0.2, 0.25) is 11.8 Å². The maximum atomic E-state index is 13.3. The number of nitrogens with one attached hydrogen (secondary N) is 1. The zero-order chi connectivity index (χ0) is 24.2. The van der Waals surface area contributed by atoms with Gasteiger partial charge in [0.15, 0.2) is 0 Å². The molecule has 0 saturated heterocycles. The van der Waals surface area contributed by atoms with Crippen molar-refractivity contribution in [2.45, 2.75) is 38.1 Å². The van der Waals surface area contributed by atoms with Gasteiger partial charge in [-0.3, -0.25) is 14.4 Å². The highest BCUT2D eigenvalue weighted by Gasteiger charge is 2.43. The number of carbonyl (C=O) groups excluding carboxylic acids is 3. The molecule has 2 aromatic carbocycles. The predicted octanol–water partition coefficient (Wildman–Crippen LogP) is 2.06. The number of hydrogen-bond acceptors (Lipinski definition) is 5. The Bertz CT molecular complexity index is 1130. The average molecular weight is 472 g/mol. The van der Waals surface area contributed by atoms with Crippen LogP contribution in [0.2, 0.25) is 0 Å². The third-order valence-corrected chi connectivity index (χ3v) is 7.31. The molecule has 1 N–H and O–H groups in total. The molecule has 3 rings (SSSR count). The molecule has 176 valence electrons. The zero-order valence-corrected chi connectivity index (χ0v) is 19.8. The van der Waals surface area contributed by atoms with E-state index in [-0.39, 0.29) is 28.8 Å². The van der Waals surface area contributed by atoms with E-state index in [0.717, 1.165) is 5.56 Å². The van der Waals surface area contributed by atoms with Crippen molar-refractivity contribution >= 4 is 27.7 Å². The normalized spacial score (nSPS) is 15.3. The molecule has 1 unspecified atom stereocenters. The van der Waals surface area contributed by atoms with Crippen molar-refractivity contribution in [1.29, 1.82) is 0 Å². The molecule has 0 aliphatic carbocycles. The minimum Gasteiger partial charge on any atom is -0.354 e. The van der Waals surface area contributed by atoms with Crippen LogP contribution >= 0.6 is 0 Å². The lowest BCUT2D eigenvalue weighted by Crippen LogP contribution is -2.52. The molecule has 0 fully saturated rings. The molecule has 9 heteroatoms. The van der Waals surface area contributed by atoms with Gasteiger partial charge < -0.3 is 10.2 Å². The van der Waals surface area contributed by atoms with Gasteiger partial charge >= 0.3 is 0 Å². The summed E-state index contributed by atoms with van der Waals surface area (Å²) in [5, 5.41) is 2.82. The first-order chi connectivity index (χ1) is 15.6. The van der Waals surface area contributed by atoms with Crippen LogP contribution in [0.1, 0.15) is 36.7 Å². The summed E-state index contributed by atoms with van der Waals surface area (Å²) in [6, 6.07) is 14.5. The Morgan fingerprint density at radius 2 is 1.64 bits per heavy atom. The summed E-state index contributed by atoms with van der Waals surface area (Å²) in [7, 11) is -4.12. The van der Waals surface area contributed by atoms with Crippen LogP contribution in [-0.2, 0) is 26.0 Å². The standard InChI is InChI=1S/C24H29N3O5S/c1-17(2)15-25-23(29)18(3)26(14-13-19-9-5-4-6-10-19)22(28)16-27-24(30)20-11-7-8-12-21(20)33(27,31)32/h4-12,17-18H,13-16H2,1-3H3,(H,25,29). The Hall–Kier alpha value is -3.20. The molecular formula is C24H29N3O5S. The van der Waals surface area contributed by atoms with Gasteiger partial charge in [0.05, 0.1) is 5.56 Å². The van der Waals surface area contributed by atoms with Crippen LogP contribution < -0.4 is 5.32 Å². The molecule has 0 saturated carbocycles. The van der Waals surface area contributed by atoms with Crippen molar-refractivity contribution in [2.24, 2.45) is 5.92 Å². The second kappa shape index (κ2) is 10.2. The van der Waals surface area contributed by atoms with E-state index in [9.17, 15) is 22.8 Å². The number of amides is 3. The fourth-order valence-electron chi connectivity index (χ4n) is 3.62.